The lowest BCUT2D eigenvalue weighted by Gasteiger charge is -2.03. The second-order valence-electron chi connectivity index (χ2n) is 3.81. The molecule has 20 heavy (non-hydrogen) atoms. The number of halogens is 1. The number of hydrogen-bond donors (Lipinski definition) is 2. The van der Waals surface area contributed by atoms with E-state index in [2.05, 4.69) is 26.8 Å². The van der Waals surface area contributed by atoms with E-state index in [9.17, 15) is 9.18 Å². The third-order valence-corrected chi connectivity index (χ3v) is 2.36. The number of carbonyl (C=O) groups is 1. The molecule has 0 aliphatic carbocycles. The maximum atomic E-state index is 13.6. The molecule has 0 saturated carbocycles. The first kappa shape index (κ1) is 13.8. The fraction of sp³-hybridized carbons (Fsp3) is 0.143. The lowest BCUT2D eigenvalue weighted by atomic mass is 10.1. The molecule has 1 amide bonds. The molecule has 0 unspecified atom stereocenters. The van der Waals surface area contributed by atoms with Gasteiger partial charge in [0.2, 0.25) is 0 Å². The Balaban J connectivity index is 2.20. The van der Waals surface area contributed by atoms with Crippen molar-refractivity contribution < 1.29 is 18.8 Å². The van der Waals surface area contributed by atoms with Gasteiger partial charge in [-0.1, -0.05) is 17.0 Å². The Bertz CT molecular complexity index is 657. The van der Waals surface area contributed by atoms with Crippen LogP contribution in [0, 0.1) is 17.7 Å². The standard InChI is InChI=1S/C14H11FN2O3/c15-12-5-4-10(3-1-2-7-18)9-11(12)14(19)16-13-6-8-20-17-13/h4-6,8-9,18H,2,7H2,(H,16,17,19). The van der Waals surface area contributed by atoms with Crippen LogP contribution in [-0.2, 0) is 0 Å². The molecule has 6 heteroatoms. The minimum atomic E-state index is -0.654. The van der Waals surface area contributed by atoms with Crippen LogP contribution in [0.3, 0.4) is 0 Å². The molecule has 2 aromatic rings. The van der Waals surface area contributed by atoms with Crippen molar-refractivity contribution in [2.75, 3.05) is 11.9 Å². The van der Waals surface area contributed by atoms with E-state index in [1.807, 2.05) is 0 Å². The number of nitrogens with one attached hydrogen (secondary N) is 1. The Morgan fingerprint density at radius 3 is 3.00 bits per heavy atom. The van der Waals surface area contributed by atoms with E-state index >= 15 is 0 Å². The monoisotopic (exact) mass is 274 g/mol. The molecule has 2 rings (SSSR count). The van der Waals surface area contributed by atoms with Crippen molar-refractivity contribution in [3.05, 3.63) is 47.5 Å². The molecular formula is C14H11FN2O3. The maximum Gasteiger partial charge on any atom is 0.259 e. The fourth-order valence-electron chi connectivity index (χ4n) is 1.46. The zero-order valence-corrected chi connectivity index (χ0v) is 10.4. The van der Waals surface area contributed by atoms with Gasteiger partial charge in [0.25, 0.3) is 5.91 Å². The van der Waals surface area contributed by atoms with Crippen LogP contribution in [0.1, 0.15) is 22.3 Å². The zero-order valence-electron chi connectivity index (χ0n) is 10.4. The van der Waals surface area contributed by atoms with Crippen molar-refractivity contribution in [1.82, 2.24) is 5.16 Å². The molecule has 0 aliphatic heterocycles. The average Bonchev–Trinajstić information content (AvgIpc) is 2.93. The van der Waals surface area contributed by atoms with Crippen molar-refractivity contribution in [3.8, 4) is 11.8 Å². The van der Waals surface area contributed by atoms with Crippen LogP contribution in [0.4, 0.5) is 10.2 Å². The number of amides is 1. The second-order valence-corrected chi connectivity index (χ2v) is 3.81. The van der Waals surface area contributed by atoms with Gasteiger partial charge >= 0.3 is 0 Å². The predicted molar refractivity (Wildman–Crippen MR) is 69.4 cm³/mol. The molecule has 0 atom stereocenters. The summed E-state index contributed by atoms with van der Waals surface area (Å²) in [7, 11) is 0. The van der Waals surface area contributed by atoms with Gasteiger partial charge in [0, 0.05) is 18.1 Å². The molecule has 0 radical (unpaired) electrons. The van der Waals surface area contributed by atoms with Crippen molar-refractivity contribution in [3.63, 3.8) is 0 Å². The Morgan fingerprint density at radius 1 is 1.45 bits per heavy atom. The van der Waals surface area contributed by atoms with Crippen molar-refractivity contribution >= 4 is 11.7 Å². The van der Waals surface area contributed by atoms with Crippen LogP contribution in [0.2, 0.25) is 0 Å². The van der Waals surface area contributed by atoms with E-state index in [0.29, 0.717) is 12.0 Å². The second kappa shape index (κ2) is 6.50. The summed E-state index contributed by atoms with van der Waals surface area (Å²) >= 11 is 0. The maximum absolute atomic E-state index is 13.6. The summed E-state index contributed by atoms with van der Waals surface area (Å²) in [5.41, 5.74) is 0.356. The Hall–Kier alpha value is -2.65. The van der Waals surface area contributed by atoms with Gasteiger partial charge in [0.15, 0.2) is 5.82 Å². The number of aliphatic hydroxyl groups excluding tert-OH is 1. The molecule has 1 aromatic carbocycles. The van der Waals surface area contributed by atoms with E-state index in [0.717, 1.165) is 0 Å². The Morgan fingerprint density at radius 2 is 2.30 bits per heavy atom. The minimum Gasteiger partial charge on any atom is -0.395 e. The van der Waals surface area contributed by atoms with Gasteiger partial charge in [-0.3, -0.25) is 4.79 Å². The number of aromatic nitrogens is 1. The highest BCUT2D eigenvalue weighted by Gasteiger charge is 2.13. The molecule has 102 valence electrons. The van der Waals surface area contributed by atoms with E-state index < -0.39 is 11.7 Å². The summed E-state index contributed by atoms with van der Waals surface area (Å²) in [6.45, 7) is -0.0479. The molecule has 0 aliphatic rings. The number of anilines is 1. The van der Waals surface area contributed by atoms with Gasteiger partial charge in [0.05, 0.1) is 12.2 Å². The van der Waals surface area contributed by atoms with Crippen molar-refractivity contribution in [1.29, 1.82) is 0 Å². The molecule has 2 N–H and O–H groups in total. The van der Waals surface area contributed by atoms with Gasteiger partial charge < -0.3 is 14.9 Å². The predicted octanol–water partition coefficient (Wildman–Crippen LogP) is 1.80. The van der Waals surface area contributed by atoms with Crippen LogP contribution in [0.25, 0.3) is 0 Å². The summed E-state index contributed by atoms with van der Waals surface area (Å²) in [5.74, 6) is 4.35. The van der Waals surface area contributed by atoms with Crippen LogP contribution in [-0.4, -0.2) is 22.8 Å². The SMILES string of the molecule is O=C(Nc1ccon1)c1cc(C#CCCO)ccc1F. The first-order valence-corrected chi connectivity index (χ1v) is 5.81. The zero-order chi connectivity index (χ0) is 14.4. The fourth-order valence-corrected chi connectivity index (χ4v) is 1.46. The number of rotatable bonds is 3. The molecule has 0 saturated heterocycles. The largest absolute Gasteiger partial charge is 0.395 e. The Labute approximate surface area is 114 Å². The summed E-state index contributed by atoms with van der Waals surface area (Å²) in [5, 5.41) is 14.5. The van der Waals surface area contributed by atoms with Crippen LogP contribution in [0.5, 0.6) is 0 Å². The highest BCUT2D eigenvalue weighted by Crippen LogP contribution is 2.12. The van der Waals surface area contributed by atoms with Gasteiger partial charge in [-0.15, -0.1) is 0 Å². The lowest BCUT2D eigenvalue weighted by molar-refractivity contribution is 0.102. The quantitative estimate of drug-likeness (QED) is 0.837. The number of carbonyl (C=O) groups excluding carboxylic acids is 1. The average molecular weight is 274 g/mol. The third-order valence-electron chi connectivity index (χ3n) is 2.36. The van der Waals surface area contributed by atoms with Crippen LogP contribution in [0.15, 0.2) is 35.1 Å². The minimum absolute atomic E-state index is 0.0479. The highest BCUT2D eigenvalue weighted by molar-refractivity contribution is 6.04. The molecule has 0 spiro atoms. The first-order chi connectivity index (χ1) is 9.70. The highest BCUT2D eigenvalue weighted by atomic mass is 19.1. The lowest BCUT2D eigenvalue weighted by Crippen LogP contribution is -2.14. The van der Waals surface area contributed by atoms with E-state index in [1.165, 1.54) is 30.5 Å². The summed E-state index contributed by atoms with van der Waals surface area (Å²) in [6, 6.07) is 5.42. The van der Waals surface area contributed by atoms with E-state index in [1.54, 1.807) is 0 Å². The number of nitrogens with zero attached hydrogens (tertiary/aromatic N) is 1. The van der Waals surface area contributed by atoms with Crippen LogP contribution >= 0.6 is 0 Å². The third kappa shape index (κ3) is 3.43. The topological polar surface area (TPSA) is 75.4 Å². The molecule has 0 fully saturated rings. The normalized spacial score (nSPS) is 9.70. The molecule has 0 bridgehead atoms. The summed E-state index contributed by atoms with van der Waals surface area (Å²) in [6.07, 6.45) is 1.61. The number of hydrogen-bond acceptors (Lipinski definition) is 4. The van der Waals surface area contributed by atoms with E-state index in [-0.39, 0.29) is 18.0 Å². The molecule has 1 aromatic heterocycles. The molecule has 5 nitrogen and oxygen atoms in total. The van der Waals surface area contributed by atoms with Gasteiger partial charge in [0.1, 0.15) is 12.1 Å². The van der Waals surface area contributed by atoms with Gasteiger partial charge in [-0.25, -0.2) is 4.39 Å². The van der Waals surface area contributed by atoms with Gasteiger partial charge in [-0.2, -0.15) is 0 Å². The number of aliphatic hydroxyl groups is 1. The first-order valence-electron chi connectivity index (χ1n) is 5.81. The molecular weight excluding hydrogens is 263 g/mol. The summed E-state index contributed by atoms with van der Waals surface area (Å²) in [4.78, 5) is 11.9. The van der Waals surface area contributed by atoms with Crippen molar-refractivity contribution in [2.24, 2.45) is 0 Å². The smallest absolute Gasteiger partial charge is 0.259 e. The van der Waals surface area contributed by atoms with Crippen molar-refractivity contribution in [2.45, 2.75) is 6.42 Å². The van der Waals surface area contributed by atoms with Crippen LogP contribution < -0.4 is 5.32 Å². The summed E-state index contributed by atoms with van der Waals surface area (Å²) < 4.78 is 18.2. The number of benzene rings is 1. The molecule has 1 heterocycles. The Kier molecular flexibility index (Phi) is 4.47. The van der Waals surface area contributed by atoms with Gasteiger partial charge in [-0.05, 0) is 18.2 Å². The van der Waals surface area contributed by atoms with E-state index in [4.69, 9.17) is 5.11 Å².